The normalized spacial score (nSPS) is 10.2. The van der Waals surface area contributed by atoms with Gasteiger partial charge in [-0.05, 0) is 23.3 Å². The zero-order chi connectivity index (χ0) is 16.8. The molecule has 0 aliphatic rings. The lowest BCUT2D eigenvalue weighted by atomic mass is 10.0. The number of aldehydes is 1. The van der Waals surface area contributed by atoms with Crippen molar-refractivity contribution in [2.45, 2.75) is 6.61 Å². The molecule has 0 N–H and O–H groups in total. The maximum atomic E-state index is 11.3. The van der Waals surface area contributed by atoms with Gasteiger partial charge in [0.2, 0.25) is 0 Å². The van der Waals surface area contributed by atoms with Crippen molar-refractivity contribution in [2.24, 2.45) is 0 Å². The first kappa shape index (κ1) is 15.7. The molecule has 0 bridgehead atoms. The SMILES string of the molecule is COc1cccc(-c2ccncc2C=O)c1OCc1ccccc1. The summed E-state index contributed by atoms with van der Waals surface area (Å²) in [6, 6.07) is 17.3. The van der Waals surface area contributed by atoms with E-state index in [1.165, 1.54) is 0 Å². The maximum Gasteiger partial charge on any atom is 0.169 e. The molecule has 0 spiro atoms. The number of aromatic nitrogens is 1. The van der Waals surface area contributed by atoms with Crippen molar-refractivity contribution in [3.05, 3.63) is 78.1 Å². The van der Waals surface area contributed by atoms with Crippen molar-refractivity contribution in [1.82, 2.24) is 4.98 Å². The summed E-state index contributed by atoms with van der Waals surface area (Å²) in [6.07, 6.45) is 3.99. The lowest BCUT2D eigenvalue weighted by molar-refractivity contribution is 0.112. The Hall–Kier alpha value is -3.14. The van der Waals surface area contributed by atoms with Crippen molar-refractivity contribution >= 4 is 6.29 Å². The largest absolute Gasteiger partial charge is 0.493 e. The fourth-order valence-electron chi connectivity index (χ4n) is 2.51. The molecule has 0 aliphatic heterocycles. The van der Waals surface area contributed by atoms with Gasteiger partial charge in [0.15, 0.2) is 17.8 Å². The van der Waals surface area contributed by atoms with Crippen LogP contribution < -0.4 is 9.47 Å². The summed E-state index contributed by atoms with van der Waals surface area (Å²) < 4.78 is 11.5. The van der Waals surface area contributed by atoms with E-state index < -0.39 is 0 Å². The second-order valence-electron chi connectivity index (χ2n) is 5.19. The Kier molecular flexibility index (Phi) is 4.87. The van der Waals surface area contributed by atoms with Crippen LogP contribution in [0.15, 0.2) is 67.0 Å². The number of methoxy groups -OCH3 is 1. The molecule has 0 amide bonds. The molecule has 3 aromatic rings. The molecule has 2 aromatic carbocycles. The average Bonchev–Trinajstić information content (AvgIpc) is 2.66. The molecule has 0 radical (unpaired) electrons. The molecule has 4 heteroatoms. The van der Waals surface area contributed by atoms with Crippen LogP contribution in [0.5, 0.6) is 11.5 Å². The predicted molar refractivity (Wildman–Crippen MR) is 92.4 cm³/mol. The molecule has 0 unspecified atom stereocenters. The van der Waals surface area contributed by atoms with E-state index in [9.17, 15) is 4.79 Å². The Morgan fingerprint density at radius 2 is 1.83 bits per heavy atom. The third-order valence-electron chi connectivity index (χ3n) is 3.69. The molecule has 24 heavy (non-hydrogen) atoms. The van der Waals surface area contributed by atoms with Gasteiger partial charge >= 0.3 is 0 Å². The van der Waals surface area contributed by atoms with Crippen molar-refractivity contribution in [3.8, 4) is 22.6 Å². The molecular weight excluding hydrogens is 302 g/mol. The molecule has 3 rings (SSSR count). The number of benzene rings is 2. The van der Waals surface area contributed by atoms with E-state index in [4.69, 9.17) is 9.47 Å². The number of carbonyl (C=O) groups is 1. The van der Waals surface area contributed by atoms with Crippen LogP contribution in [0.1, 0.15) is 15.9 Å². The van der Waals surface area contributed by atoms with Crippen molar-refractivity contribution in [1.29, 1.82) is 0 Å². The zero-order valence-corrected chi connectivity index (χ0v) is 13.3. The summed E-state index contributed by atoms with van der Waals surface area (Å²) in [7, 11) is 1.60. The van der Waals surface area contributed by atoms with E-state index in [1.54, 1.807) is 25.6 Å². The minimum atomic E-state index is 0.412. The zero-order valence-electron chi connectivity index (χ0n) is 13.3. The Labute approximate surface area is 140 Å². The van der Waals surface area contributed by atoms with Crippen LogP contribution >= 0.6 is 0 Å². The van der Waals surface area contributed by atoms with Gasteiger partial charge in [0, 0.05) is 23.5 Å². The fraction of sp³-hybridized carbons (Fsp3) is 0.100. The highest BCUT2D eigenvalue weighted by Crippen LogP contribution is 2.39. The molecule has 120 valence electrons. The number of hydrogen-bond acceptors (Lipinski definition) is 4. The van der Waals surface area contributed by atoms with Gasteiger partial charge in [0.1, 0.15) is 6.61 Å². The second kappa shape index (κ2) is 7.42. The monoisotopic (exact) mass is 319 g/mol. The first-order chi connectivity index (χ1) is 11.8. The van der Waals surface area contributed by atoms with Gasteiger partial charge in [0.25, 0.3) is 0 Å². The molecule has 0 aliphatic carbocycles. The summed E-state index contributed by atoms with van der Waals surface area (Å²) in [5.41, 5.74) is 3.13. The van der Waals surface area contributed by atoms with Gasteiger partial charge in [-0.2, -0.15) is 0 Å². The molecule has 1 aromatic heterocycles. The van der Waals surface area contributed by atoms with E-state index in [0.717, 1.165) is 23.0 Å². The van der Waals surface area contributed by atoms with Crippen LogP contribution in [0, 0.1) is 0 Å². The smallest absolute Gasteiger partial charge is 0.169 e. The molecular formula is C20H17NO3. The third kappa shape index (κ3) is 3.27. The molecule has 0 fully saturated rings. The van der Waals surface area contributed by atoms with Gasteiger partial charge in [0.05, 0.1) is 7.11 Å². The highest BCUT2D eigenvalue weighted by atomic mass is 16.5. The van der Waals surface area contributed by atoms with Crippen molar-refractivity contribution in [3.63, 3.8) is 0 Å². The number of carbonyl (C=O) groups excluding carboxylic acids is 1. The average molecular weight is 319 g/mol. The lowest BCUT2D eigenvalue weighted by Crippen LogP contribution is -2.00. The van der Waals surface area contributed by atoms with Crippen LogP contribution in [0.3, 0.4) is 0 Å². The Bertz CT molecular complexity index is 831. The molecule has 0 saturated heterocycles. The molecule has 1 heterocycles. The maximum absolute atomic E-state index is 11.3. The summed E-state index contributed by atoms with van der Waals surface area (Å²) in [6.45, 7) is 0.412. The van der Waals surface area contributed by atoms with Gasteiger partial charge in [-0.25, -0.2) is 0 Å². The number of rotatable bonds is 6. The number of para-hydroxylation sites is 1. The first-order valence-electron chi connectivity index (χ1n) is 7.56. The number of nitrogens with zero attached hydrogens (tertiary/aromatic N) is 1. The molecule has 0 atom stereocenters. The Balaban J connectivity index is 2.02. The van der Waals surface area contributed by atoms with Gasteiger partial charge < -0.3 is 9.47 Å². The van der Waals surface area contributed by atoms with Crippen LogP contribution in [0.4, 0.5) is 0 Å². The minimum absolute atomic E-state index is 0.412. The molecule has 0 saturated carbocycles. The standard InChI is InChI=1S/C20H17NO3/c1-23-19-9-5-8-18(17-10-11-21-12-16(17)13-22)20(19)24-14-15-6-3-2-4-7-15/h2-13H,14H2,1H3. The van der Waals surface area contributed by atoms with Crippen LogP contribution in [-0.2, 0) is 6.61 Å². The van der Waals surface area contributed by atoms with E-state index in [0.29, 0.717) is 23.7 Å². The third-order valence-corrected chi connectivity index (χ3v) is 3.69. The van der Waals surface area contributed by atoms with Crippen molar-refractivity contribution in [2.75, 3.05) is 7.11 Å². The van der Waals surface area contributed by atoms with E-state index in [-0.39, 0.29) is 0 Å². The summed E-state index contributed by atoms with van der Waals surface area (Å²) >= 11 is 0. The fourth-order valence-corrected chi connectivity index (χ4v) is 2.51. The number of hydrogen-bond donors (Lipinski definition) is 0. The van der Waals surface area contributed by atoms with E-state index >= 15 is 0 Å². The Morgan fingerprint density at radius 3 is 2.58 bits per heavy atom. The van der Waals surface area contributed by atoms with Crippen LogP contribution in [-0.4, -0.2) is 18.4 Å². The number of pyridine rings is 1. The molecule has 4 nitrogen and oxygen atoms in total. The van der Waals surface area contributed by atoms with Gasteiger partial charge in [-0.3, -0.25) is 9.78 Å². The second-order valence-corrected chi connectivity index (χ2v) is 5.19. The topological polar surface area (TPSA) is 48.4 Å². The van der Waals surface area contributed by atoms with E-state index in [1.807, 2.05) is 48.5 Å². The van der Waals surface area contributed by atoms with E-state index in [2.05, 4.69) is 4.98 Å². The highest BCUT2D eigenvalue weighted by Gasteiger charge is 2.15. The summed E-state index contributed by atoms with van der Waals surface area (Å²) in [4.78, 5) is 15.3. The lowest BCUT2D eigenvalue weighted by Gasteiger charge is -2.16. The quantitative estimate of drug-likeness (QED) is 0.640. The van der Waals surface area contributed by atoms with Crippen molar-refractivity contribution < 1.29 is 14.3 Å². The number of ether oxygens (including phenoxy) is 2. The first-order valence-corrected chi connectivity index (χ1v) is 7.56. The summed E-state index contributed by atoms with van der Waals surface area (Å²) in [5.74, 6) is 1.23. The van der Waals surface area contributed by atoms with Gasteiger partial charge in [-0.1, -0.05) is 42.5 Å². The Morgan fingerprint density at radius 1 is 1.00 bits per heavy atom. The minimum Gasteiger partial charge on any atom is -0.493 e. The van der Waals surface area contributed by atoms with Crippen LogP contribution in [0.25, 0.3) is 11.1 Å². The van der Waals surface area contributed by atoms with Gasteiger partial charge in [-0.15, -0.1) is 0 Å². The van der Waals surface area contributed by atoms with Crippen LogP contribution in [0.2, 0.25) is 0 Å². The predicted octanol–water partition coefficient (Wildman–Crippen LogP) is 4.15. The highest BCUT2D eigenvalue weighted by molar-refractivity contribution is 5.89. The summed E-state index contributed by atoms with van der Waals surface area (Å²) in [5, 5.41) is 0.